The number of pyridine rings is 1. The first-order valence-corrected chi connectivity index (χ1v) is 9.31. The number of hydrogen-bond donors (Lipinski definition) is 0. The van der Waals surface area contributed by atoms with Gasteiger partial charge in [-0.1, -0.05) is 6.42 Å². The summed E-state index contributed by atoms with van der Waals surface area (Å²) in [7, 11) is 1.77. The van der Waals surface area contributed by atoms with Crippen LogP contribution in [0.4, 0.5) is 19.0 Å². The molecule has 1 amide bonds. The van der Waals surface area contributed by atoms with Crippen LogP contribution < -0.4 is 4.90 Å². The summed E-state index contributed by atoms with van der Waals surface area (Å²) >= 11 is 3.06. The van der Waals surface area contributed by atoms with Gasteiger partial charge in [0.2, 0.25) is 5.91 Å². The van der Waals surface area contributed by atoms with E-state index in [9.17, 15) is 18.0 Å². The van der Waals surface area contributed by atoms with Gasteiger partial charge >= 0.3 is 6.18 Å². The molecule has 0 spiro atoms. The molecule has 2 fully saturated rings. The van der Waals surface area contributed by atoms with Crippen molar-refractivity contribution in [3.8, 4) is 0 Å². The number of nitrogens with zero attached hydrogens (tertiary/aromatic N) is 3. The lowest BCUT2D eigenvalue weighted by atomic mass is 9.84. The third kappa shape index (κ3) is 3.93. The summed E-state index contributed by atoms with van der Waals surface area (Å²) in [6.45, 7) is 0.895. The molecule has 2 heterocycles. The standard InChI is InChI=1S/C17H21BrF3N3O/c1-23(16(25)11-4-2-5-11)13-6-3-7-24(10-13)15-14(17(19,20)21)8-12(18)9-22-15/h8-9,11,13H,2-7,10H2,1H3. The summed E-state index contributed by atoms with van der Waals surface area (Å²) in [4.78, 5) is 19.9. The number of carbonyl (C=O) groups is 1. The van der Waals surface area contributed by atoms with Crippen molar-refractivity contribution in [1.29, 1.82) is 0 Å². The van der Waals surface area contributed by atoms with Gasteiger partial charge in [0.25, 0.3) is 0 Å². The third-order valence-electron chi connectivity index (χ3n) is 5.18. The fourth-order valence-corrected chi connectivity index (χ4v) is 3.81. The van der Waals surface area contributed by atoms with E-state index in [1.807, 2.05) is 0 Å². The van der Waals surface area contributed by atoms with E-state index in [1.165, 1.54) is 6.20 Å². The van der Waals surface area contributed by atoms with Crippen molar-refractivity contribution in [1.82, 2.24) is 9.88 Å². The number of hydrogen-bond acceptors (Lipinski definition) is 3. The van der Waals surface area contributed by atoms with Crippen LogP contribution in [0.1, 0.15) is 37.7 Å². The summed E-state index contributed by atoms with van der Waals surface area (Å²) in [6, 6.07) is 0.989. The number of rotatable bonds is 3. The van der Waals surface area contributed by atoms with Gasteiger partial charge in [-0.25, -0.2) is 4.98 Å². The van der Waals surface area contributed by atoms with Crippen molar-refractivity contribution in [3.05, 3.63) is 22.3 Å². The van der Waals surface area contributed by atoms with E-state index in [4.69, 9.17) is 0 Å². The van der Waals surface area contributed by atoms with Gasteiger partial charge in [-0.05, 0) is 47.7 Å². The fourth-order valence-electron chi connectivity index (χ4n) is 3.48. The average Bonchev–Trinajstić information content (AvgIpc) is 2.51. The molecule has 1 aliphatic carbocycles. The van der Waals surface area contributed by atoms with Gasteiger partial charge in [-0.15, -0.1) is 0 Å². The van der Waals surface area contributed by atoms with Crippen LogP contribution >= 0.6 is 15.9 Å². The summed E-state index contributed by atoms with van der Waals surface area (Å²) in [5.74, 6) is 0.166. The Morgan fingerprint density at radius 2 is 2.04 bits per heavy atom. The highest BCUT2D eigenvalue weighted by molar-refractivity contribution is 9.10. The Hall–Kier alpha value is -1.31. The first-order valence-electron chi connectivity index (χ1n) is 8.51. The lowest BCUT2D eigenvalue weighted by molar-refractivity contribution is -0.139. The Labute approximate surface area is 153 Å². The molecule has 4 nitrogen and oxygen atoms in total. The zero-order valence-electron chi connectivity index (χ0n) is 14.0. The molecule has 1 aromatic heterocycles. The van der Waals surface area contributed by atoms with Crippen molar-refractivity contribution < 1.29 is 18.0 Å². The molecule has 8 heteroatoms. The minimum atomic E-state index is -4.47. The molecular weight excluding hydrogens is 399 g/mol. The Balaban J connectivity index is 1.78. The lowest BCUT2D eigenvalue weighted by Crippen LogP contribution is -2.51. The number of anilines is 1. The highest BCUT2D eigenvalue weighted by Crippen LogP contribution is 2.38. The highest BCUT2D eigenvalue weighted by Gasteiger charge is 2.38. The van der Waals surface area contributed by atoms with Crippen molar-refractivity contribution in [2.75, 3.05) is 25.0 Å². The fraction of sp³-hybridized carbons (Fsp3) is 0.647. The smallest absolute Gasteiger partial charge is 0.354 e. The van der Waals surface area contributed by atoms with E-state index in [-0.39, 0.29) is 23.7 Å². The maximum absolute atomic E-state index is 13.4. The van der Waals surface area contributed by atoms with Crippen LogP contribution in [0.5, 0.6) is 0 Å². The van der Waals surface area contributed by atoms with Crippen molar-refractivity contribution in [2.45, 2.75) is 44.3 Å². The molecule has 1 saturated carbocycles. The molecule has 0 radical (unpaired) electrons. The SMILES string of the molecule is CN(C(=O)C1CCC1)C1CCCN(c2ncc(Br)cc2C(F)(F)F)C1. The molecule has 1 atom stereocenters. The second-order valence-electron chi connectivity index (χ2n) is 6.84. The van der Waals surface area contributed by atoms with Gasteiger partial charge in [-0.3, -0.25) is 4.79 Å². The number of likely N-dealkylation sites (N-methyl/N-ethyl adjacent to an activating group) is 1. The van der Waals surface area contributed by atoms with E-state index in [2.05, 4.69) is 20.9 Å². The minimum Gasteiger partial charge on any atom is -0.354 e. The van der Waals surface area contributed by atoms with Gasteiger partial charge in [-0.2, -0.15) is 13.2 Å². The Morgan fingerprint density at radius 3 is 2.64 bits per heavy atom. The van der Waals surface area contributed by atoms with E-state index < -0.39 is 11.7 Å². The van der Waals surface area contributed by atoms with Crippen molar-refractivity contribution >= 4 is 27.7 Å². The highest BCUT2D eigenvalue weighted by atomic mass is 79.9. The van der Waals surface area contributed by atoms with Crippen molar-refractivity contribution in [3.63, 3.8) is 0 Å². The average molecular weight is 420 g/mol. The zero-order valence-corrected chi connectivity index (χ0v) is 15.6. The molecule has 138 valence electrons. The van der Waals surface area contributed by atoms with Gasteiger partial charge in [0, 0.05) is 42.8 Å². The summed E-state index contributed by atoms with van der Waals surface area (Å²) < 4.78 is 40.4. The van der Waals surface area contributed by atoms with Gasteiger partial charge in [0.1, 0.15) is 5.82 Å². The topological polar surface area (TPSA) is 36.4 Å². The van der Waals surface area contributed by atoms with E-state index >= 15 is 0 Å². The van der Waals surface area contributed by atoms with Crippen LogP contribution in [0.2, 0.25) is 0 Å². The Kier molecular flexibility index (Phi) is 5.27. The lowest BCUT2D eigenvalue weighted by Gasteiger charge is -2.41. The second-order valence-corrected chi connectivity index (χ2v) is 7.76. The largest absolute Gasteiger partial charge is 0.419 e. The number of halogens is 4. The number of carbonyl (C=O) groups excluding carboxylic acids is 1. The van der Waals surface area contributed by atoms with E-state index in [0.717, 1.165) is 38.2 Å². The summed E-state index contributed by atoms with van der Waals surface area (Å²) in [5, 5.41) is 0. The number of alkyl halides is 3. The Morgan fingerprint density at radius 1 is 1.32 bits per heavy atom. The molecule has 0 N–H and O–H groups in total. The molecule has 2 aliphatic rings. The van der Waals surface area contributed by atoms with Crippen LogP contribution in [-0.2, 0) is 11.0 Å². The normalized spacial score (nSPS) is 21.8. The molecule has 0 bridgehead atoms. The predicted molar refractivity (Wildman–Crippen MR) is 92.3 cm³/mol. The predicted octanol–water partition coefficient (Wildman–Crippen LogP) is 4.09. The van der Waals surface area contributed by atoms with Crippen LogP contribution in [0.3, 0.4) is 0 Å². The third-order valence-corrected chi connectivity index (χ3v) is 5.62. The Bertz CT molecular complexity index is 649. The van der Waals surface area contributed by atoms with Crippen LogP contribution in [-0.4, -0.2) is 42.0 Å². The molecule has 1 aromatic rings. The molecule has 25 heavy (non-hydrogen) atoms. The molecular formula is C17H21BrF3N3O. The molecule has 1 unspecified atom stereocenters. The molecule has 0 aromatic carbocycles. The summed E-state index contributed by atoms with van der Waals surface area (Å²) in [6.07, 6.45) is 1.40. The van der Waals surface area contributed by atoms with Gasteiger partial charge in [0.15, 0.2) is 0 Å². The first-order chi connectivity index (χ1) is 11.8. The number of amides is 1. The van der Waals surface area contributed by atoms with Crippen molar-refractivity contribution in [2.24, 2.45) is 5.92 Å². The molecule has 1 saturated heterocycles. The molecule has 3 rings (SSSR count). The van der Waals surface area contributed by atoms with Crippen LogP contribution in [0, 0.1) is 5.92 Å². The number of aromatic nitrogens is 1. The van der Waals surface area contributed by atoms with Gasteiger partial charge in [0.05, 0.1) is 5.56 Å². The summed E-state index contributed by atoms with van der Waals surface area (Å²) in [5.41, 5.74) is -0.740. The molecule has 1 aliphatic heterocycles. The monoisotopic (exact) mass is 419 g/mol. The maximum atomic E-state index is 13.4. The maximum Gasteiger partial charge on any atom is 0.419 e. The van der Waals surface area contributed by atoms with E-state index in [1.54, 1.807) is 16.8 Å². The second kappa shape index (κ2) is 7.13. The zero-order chi connectivity index (χ0) is 18.2. The quantitative estimate of drug-likeness (QED) is 0.739. The van der Waals surface area contributed by atoms with Gasteiger partial charge < -0.3 is 9.80 Å². The first kappa shape index (κ1) is 18.5. The minimum absolute atomic E-state index is 0.0510. The van der Waals surface area contributed by atoms with Crippen LogP contribution in [0.15, 0.2) is 16.7 Å². The van der Waals surface area contributed by atoms with Crippen LogP contribution in [0.25, 0.3) is 0 Å². The van der Waals surface area contributed by atoms with E-state index in [0.29, 0.717) is 17.6 Å². The number of piperidine rings is 1.